The Kier molecular flexibility index (Phi) is 7.42. The fourth-order valence-corrected chi connectivity index (χ4v) is 5.59. The van der Waals surface area contributed by atoms with Crippen LogP contribution in [0.3, 0.4) is 0 Å². The maximum atomic E-state index is 4.40. The highest BCUT2D eigenvalue weighted by Crippen LogP contribution is 2.33. The van der Waals surface area contributed by atoms with Gasteiger partial charge in [0.25, 0.3) is 0 Å². The van der Waals surface area contributed by atoms with Crippen LogP contribution in [0.2, 0.25) is 0 Å². The summed E-state index contributed by atoms with van der Waals surface area (Å²) in [6.45, 7) is 0. The molecule has 130 valence electrons. The first-order valence-electron chi connectivity index (χ1n) is 7.12. The molecule has 3 aromatic rings. The molecule has 0 aliphatic heterocycles. The zero-order valence-electron chi connectivity index (χ0n) is 12.8. The third-order valence-electron chi connectivity index (χ3n) is 3.19. The van der Waals surface area contributed by atoms with E-state index in [0.29, 0.717) is 0 Å². The van der Waals surface area contributed by atoms with Gasteiger partial charge in [0.2, 0.25) is 0 Å². The summed E-state index contributed by atoms with van der Waals surface area (Å²) in [5.41, 5.74) is 2.40. The standard InChI is InChI=1S/C16H14N2S7/c19-11-3-1-9(5-13(11)21)7-23-15-17-18-16(25-15)24-8-10-2-4-12(20)14(22)6-10/h1-6,19-22H,7-8H2. The Bertz CT molecular complexity index is 809. The Labute approximate surface area is 181 Å². The second-order valence-corrected chi connectivity index (χ2v) is 10.4. The van der Waals surface area contributed by atoms with E-state index >= 15 is 0 Å². The highest BCUT2D eigenvalue weighted by atomic mass is 32.2. The summed E-state index contributed by atoms with van der Waals surface area (Å²) in [5, 5.41) is 8.53. The van der Waals surface area contributed by atoms with Gasteiger partial charge in [-0.3, -0.25) is 0 Å². The first-order chi connectivity index (χ1) is 12.0. The molecule has 0 aliphatic rings. The van der Waals surface area contributed by atoms with Crippen LogP contribution in [0, 0.1) is 0 Å². The SMILES string of the molecule is Sc1ccc(CSc2nnc(SCc3ccc(S)c(S)c3)s2)cc1S. The van der Waals surface area contributed by atoms with Gasteiger partial charge in [0, 0.05) is 31.1 Å². The summed E-state index contributed by atoms with van der Waals surface area (Å²) in [5.74, 6) is 1.68. The van der Waals surface area contributed by atoms with Gasteiger partial charge in [-0.05, 0) is 35.4 Å². The zero-order valence-corrected chi connectivity index (χ0v) is 18.8. The van der Waals surface area contributed by atoms with E-state index in [1.807, 2.05) is 24.3 Å². The Morgan fingerprint density at radius 1 is 0.680 bits per heavy atom. The molecule has 0 radical (unpaired) electrons. The third-order valence-corrected chi connectivity index (χ3v) is 8.40. The van der Waals surface area contributed by atoms with Crippen molar-refractivity contribution in [1.29, 1.82) is 0 Å². The van der Waals surface area contributed by atoms with Crippen molar-refractivity contribution in [1.82, 2.24) is 10.2 Å². The molecule has 0 bridgehead atoms. The zero-order chi connectivity index (χ0) is 17.8. The summed E-state index contributed by atoms with van der Waals surface area (Å²) >= 11 is 22.5. The fourth-order valence-electron chi connectivity index (χ4n) is 1.92. The predicted octanol–water partition coefficient (Wildman–Crippen LogP) is 6.28. The number of hydrogen-bond acceptors (Lipinski definition) is 9. The summed E-state index contributed by atoms with van der Waals surface area (Å²) in [6.07, 6.45) is 0. The first kappa shape index (κ1) is 19.9. The van der Waals surface area contributed by atoms with Crippen molar-refractivity contribution in [3.63, 3.8) is 0 Å². The summed E-state index contributed by atoms with van der Waals surface area (Å²) in [6, 6.07) is 12.1. The monoisotopic (exact) mass is 458 g/mol. The van der Waals surface area contributed by atoms with Gasteiger partial charge in [0.05, 0.1) is 0 Å². The summed E-state index contributed by atoms with van der Waals surface area (Å²) in [4.78, 5) is 3.57. The lowest BCUT2D eigenvalue weighted by molar-refractivity contribution is 0.954. The van der Waals surface area contributed by atoms with Crippen molar-refractivity contribution in [3.8, 4) is 0 Å². The van der Waals surface area contributed by atoms with Gasteiger partial charge in [-0.25, -0.2) is 0 Å². The predicted molar refractivity (Wildman–Crippen MR) is 121 cm³/mol. The molecule has 0 fully saturated rings. The molecule has 1 aromatic heterocycles. The van der Waals surface area contributed by atoms with Gasteiger partial charge in [0.1, 0.15) is 0 Å². The Balaban J connectivity index is 1.54. The number of thioether (sulfide) groups is 2. The Morgan fingerprint density at radius 2 is 1.12 bits per heavy atom. The highest BCUT2D eigenvalue weighted by Gasteiger charge is 2.08. The minimum Gasteiger partial charge on any atom is -0.142 e. The van der Waals surface area contributed by atoms with E-state index in [1.165, 1.54) is 11.1 Å². The van der Waals surface area contributed by atoms with Crippen molar-refractivity contribution in [2.45, 2.75) is 39.8 Å². The van der Waals surface area contributed by atoms with Crippen LogP contribution in [0.15, 0.2) is 64.7 Å². The molecule has 0 spiro atoms. The highest BCUT2D eigenvalue weighted by molar-refractivity contribution is 8.02. The lowest BCUT2D eigenvalue weighted by Crippen LogP contribution is -1.82. The van der Waals surface area contributed by atoms with Crippen LogP contribution < -0.4 is 0 Å². The lowest BCUT2D eigenvalue weighted by Gasteiger charge is -2.02. The molecule has 2 nitrogen and oxygen atoms in total. The van der Waals surface area contributed by atoms with E-state index in [9.17, 15) is 0 Å². The van der Waals surface area contributed by atoms with Crippen molar-refractivity contribution >= 4 is 85.4 Å². The molecule has 1 heterocycles. The molecule has 0 saturated heterocycles. The molecule has 0 amide bonds. The van der Waals surface area contributed by atoms with Crippen molar-refractivity contribution < 1.29 is 0 Å². The molecule has 0 N–H and O–H groups in total. The van der Waals surface area contributed by atoms with E-state index in [4.69, 9.17) is 0 Å². The molecule has 9 heteroatoms. The molecule has 3 rings (SSSR count). The van der Waals surface area contributed by atoms with E-state index in [2.05, 4.69) is 72.8 Å². The number of benzene rings is 2. The molecular formula is C16H14N2S7. The average molecular weight is 459 g/mol. The summed E-state index contributed by atoms with van der Waals surface area (Å²) in [7, 11) is 0. The maximum Gasteiger partial charge on any atom is 0.175 e. The molecule has 2 aromatic carbocycles. The smallest absolute Gasteiger partial charge is 0.142 e. The molecule has 0 unspecified atom stereocenters. The minimum absolute atomic E-state index is 0.841. The minimum atomic E-state index is 0.841. The van der Waals surface area contributed by atoms with Crippen LogP contribution in [0.5, 0.6) is 0 Å². The van der Waals surface area contributed by atoms with Crippen molar-refractivity contribution in [3.05, 3.63) is 47.5 Å². The Hall–Kier alpha value is 0.1000. The molecule has 0 aliphatic carbocycles. The van der Waals surface area contributed by atoms with Crippen LogP contribution >= 0.6 is 85.4 Å². The van der Waals surface area contributed by atoms with Gasteiger partial charge in [-0.1, -0.05) is 47.0 Å². The van der Waals surface area contributed by atoms with Crippen LogP contribution in [0.1, 0.15) is 11.1 Å². The molecule has 25 heavy (non-hydrogen) atoms. The second kappa shape index (κ2) is 9.34. The molecular weight excluding hydrogens is 445 g/mol. The van der Waals surface area contributed by atoms with Crippen LogP contribution in [0.25, 0.3) is 0 Å². The lowest BCUT2D eigenvalue weighted by atomic mass is 10.2. The van der Waals surface area contributed by atoms with E-state index in [-0.39, 0.29) is 0 Å². The largest absolute Gasteiger partial charge is 0.175 e. The van der Waals surface area contributed by atoms with E-state index in [0.717, 1.165) is 39.8 Å². The number of hydrogen-bond donors (Lipinski definition) is 4. The van der Waals surface area contributed by atoms with Gasteiger partial charge < -0.3 is 0 Å². The van der Waals surface area contributed by atoms with E-state index in [1.54, 1.807) is 34.9 Å². The normalized spacial score (nSPS) is 11.0. The topological polar surface area (TPSA) is 25.8 Å². The quantitative estimate of drug-likeness (QED) is 0.258. The number of thiol groups is 4. The number of aromatic nitrogens is 2. The van der Waals surface area contributed by atoms with Crippen molar-refractivity contribution in [2.24, 2.45) is 0 Å². The van der Waals surface area contributed by atoms with Gasteiger partial charge in [0.15, 0.2) is 8.68 Å². The molecule has 0 saturated carbocycles. The van der Waals surface area contributed by atoms with Crippen molar-refractivity contribution in [2.75, 3.05) is 0 Å². The van der Waals surface area contributed by atoms with Crippen LogP contribution in [-0.2, 0) is 11.5 Å². The maximum absolute atomic E-state index is 4.40. The second-order valence-electron chi connectivity index (χ2n) is 5.06. The summed E-state index contributed by atoms with van der Waals surface area (Å²) < 4.78 is 1.94. The third kappa shape index (κ3) is 5.79. The Morgan fingerprint density at radius 3 is 1.52 bits per heavy atom. The van der Waals surface area contributed by atoms with E-state index < -0.39 is 0 Å². The number of nitrogens with zero attached hydrogens (tertiary/aromatic N) is 2. The van der Waals surface area contributed by atoms with Gasteiger partial charge in [-0.2, -0.15) is 0 Å². The fraction of sp³-hybridized carbons (Fsp3) is 0.125. The van der Waals surface area contributed by atoms with Gasteiger partial charge >= 0.3 is 0 Å². The molecule has 0 atom stereocenters. The van der Waals surface area contributed by atoms with Gasteiger partial charge in [-0.15, -0.1) is 60.7 Å². The number of rotatable bonds is 6. The van der Waals surface area contributed by atoms with Crippen LogP contribution in [-0.4, -0.2) is 10.2 Å². The van der Waals surface area contributed by atoms with Crippen LogP contribution in [0.4, 0.5) is 0 Å². The first-order valence-corrected chi connectivity index (χ1v) is 11.7. The average Bonchev–Trinajstić information content (AvgIpc) is 3.05.